The van der Waals surface area contributed by atoms with Crippen molar-refractivity contribution in [2.45, 2.75) is 39.5 Å². The normalized spacial score (nSPS) is 12.0. The lowest BCUT2D eigenvalue weighted by Gasteiger charge is -2.16. The van der Waals surface area contributed by atoms with E-state index in [2.05, 4.69) is 19.2 Å². The summed E-state index contributed by atoms with van der Waals surface area (Å²) < 4.78 is 5.55. The number of carbonyl (C=O) groups is 1. The van der Waals surface area contributed by atoms with Crippen molar-refractivity contribution in [2.75, 3.05) is 19.7 Å². The maximum Gasteiger partial charge on any atom is 0.251 e. The van der Waals surface area contributed by atoms with E-state index in [0.717, 1.165) is 31.4 Å². The maximum absolute atomic E-state index is 12.2. The van der Waals surface area contributed by atoms with Gasteiger partial charge in [0, 0.05) is 12.1 Å². The van der Waals surface area contributed by atoms with E-state index in [-0.39, 0.29) is 5.91 Å². The molecule has 3 N–H and O–H groups in total. The Labute approximate surface area is 128 Å². The van der Waals surface area contributed by atoms with Crippen LogP contribution >= 0.6 is 0 Å². The van der Waals surface area contributed by atoms with Gasteiger partial charge in [-0.1, -0.05) is 26.3 Å². The van der Waals surface area contributed by atoms with Gasteiger partial charge in [-0.3, -0.25) is 4.79 Å². The van der Waals surface area contributed by atoms with E-state index in [1.165, 1.54) is 0 Å². The maximum atomic E-state index is 12.2. The van der Waals surface area contributed by atoms with Crippen molar-refractivity contribution in [2.24, 2.45) is 11.7 Å². The van der Waals surface area contributed by atoms with Gasteiger partial charge < -0.3 is 15.8 Å². The third-order valence-electron chi connectivity index (χ3n) is 3.39. The van der Waals surface area contributed by atoms with Gasteiger partial charge in [0.05, 0.1) is 6.61 Å². The molecule has 0 aliphatic heterocycles. The standard InChI is InChI=1S/C17H28N2O2/c1-3-6-14(9-10-18)13-19-17(20)15-7-5-8-16(12-15)21-11-4-2/h5,7-8,12,14H,3-4,6,9-11,13,18H2,1-2H3,(H,19,20). The number of nitrogens with one attached hydrogen (secondary N) is 1. The van der Waals surface area contributed by atoms with Crippen LogP contribution in [0.25, 0.3) is 0 Å². The fourth-order valence-electron chi connectivity index (χ4n) is 2.28. The zero-order valence-corrected chi connectivity index (χ0v) is 13.2. The van der Waals surface area contributed by atoms with Gasteiger partial charge in [0.1, 0.15) is 5.75 Å². The van der Waals surface area contributed by atoms with Crippen molar-refractivity contribution < 1.29 is 9.53 Å². The van der Waals surface area contributed by atoms with Crippen molar-refractivity contribution in [3.63, 3.8) is 0 Å². The summed E-state index contributed by atoms with van der Waals surface area (Å²) in [6, 6.07) is 7.33. The average molecular weight is 292 g/mol. The number of nitrogens with two attached hydrogens (primary N) is 1. The molecule has 1 rings (SSSR count). The largest absolute Gasteiger partial charge is 0.494 e. The lowest BCUT2D eigenvalue weighted by molar-refractivity contribution is 0.0945. The molecule has 0 aliphatic rings. The number of rotatable bonds is 10. The minimum atomic E-state index is -0.0462. The summed E-state index contributed by atoms with van der Waals surface area (Å²) >= 11 is 0. The Morgan fingerprint density at radius 3 is 2.76 bits per heavy atom. The summed E-state index contributed by atoms with van der Waals surface area (Å²) in [5.41, 5.74) is 6.26. The molecule has 0 saturated carbocycles. The Kier molecular flexibility index (Phi) is 8.51. The number of carbonyl (C=O) groups excluding carboxylic acids is 1. The molecule has 0 spiro atoms. The zero-order chi connectivity index (χ0) is 15.5. The Bertz CT molecular complexity index is 415. The number of ether oxygens (including phenoxy) is 1. The Morgan fingerprint density at radius 1 is 1.29 bits per heavy atom. The minimum absolute atomic E-state index is 0.0462. The van der Waals surface area contributed by atoms with Gasteiger partial charge in [-0.25, -0.2) is 0 Å². The molecule has 0 heterocycles. The van der Waals surface area contributed by atoms with E-state index in [4.69, 9.17) is 10.5 Å². The van der Waals surface area contributed by atoms with Crippen molar-refractivity contribution in [1.82, 2.24) is 5.32 Å². The second-order valence-corrected chi connectivity index (χ2v) is 5.32. The lowest BCUT2D eigenvalue weighted by atomic mass is 10.00. The second-order valence-electron chi connectivity index (χ2n) is 5.32. The quantitative estimate of drug-likeness (QED) is 0.697. The Balaban J connectivity index is 2.54. The van der Waals surface area contributed by atoms with E-state index in [1.807, 2.05) is 18.2 Å². The van der Waals surface area contributed by atoms with Crippen LogP contribution in [0.3, 0.4) is 0 Å². The first-order valence-corrected chi connectivity index (χ1v) is 7.92. The zero-order valence-electron chi connectivity index (χ0n) is 13.2. The second kappa shape index (κ2) is 10.2. The molecule has 1 amide bonds. The molecule has 118 valence electrons. The van der Waals surface area contributed by atoms with Crippen LogP contribution in [0, 0.1) is 5.92 Å². The van der Waals surface area contributed by atoms with Crippen LogP contribution in [0.4, 0.5) is 0 Å². The van der Waals surface area contributed by atoms with Gasteiger partial charge in [0.2, 0.25) is 0 Å². The molecular weight excluding hydrogens is 264 g/mol. The van der Waals surface area contributed by atoms with Crippen molar-refractivity contribution in [1.29, 1.82) is 0 Å². The molecule has 0 saturated heterocycles. The molecule has 21 heavy (non-hydrogen) atoms. The molecule has 1 atom stereocenters. The summed E-state index contributed by atoms with van der Waals surface area (Å²) in [6.45, 7) is 6.23. The van der Waals surface area contributed by atoms with Gasteiger partial charge in [0.25, 0.3) is 5.91 Å². The minimum Gasteiger partial charge on any atom is -0.494 e. The highest BCUT2D eigenvalue weighted by Crippen LogP contribution is 2.14. The lowest BCUT2D eigenvalue weighted by Crippen LogP contribution is -2.30. The first-order chi connectivity index (χ1) is 10.2. The van der Waals surface area contributed by atoms with Crippen LogP contribution in [0.15, 0.2) is 24.3 Å². The molecule has 0 fully saturated rings. The summed E-state index contributed by atoms with van der Waals surface area (Å²) in [5, 5.41) is 3.00. The molecule has 0 bridgehead atoms. The van der Waals surface area contributed by atoms with Crippen LogP contribution in [0.2, 0.25) is 0 Å². The molecule has 4 heteroatoms. The van der Waals surface area contributed by atoms with E-state index >= 15 is 0 Å². The predicted octanol–water partition coefficient (Wildman–Crippen LogP) is 2.97. The number of benzene rings is 1. The van der Waals surface area contributed by atoms with Crippen LogP contribution in [0.5, 0.6) is 5.75 Å². The van der Waals surface area contributed by atoms with Crippen LogP contribution in [0.1, 0.15) is 49.9 Å². The smallest absolute Gasteiger partial charge is 0.251 e. The third kappa shape index (κ3) is 6.63. The van der Waals surface area contributed by atoms with E-state index in [1.54, 1.807) is 6.07 Å². The molecule has 1 unspecified atom stereocenters. The fourth-order valence-corrected chi connectivity index (χ4v) is 2.28. The predicted molar refractivity (Wildman–Crippen MR) is 86.6 cm³/mol. The molecule has 0 aromatic heterocycles. The summed E-state index contributed by atoms with van der Waals surface area (Å²) in [6.07, 6.45) is 4.11. The van der Waals surface area contributed by atoms with Gasteiger partial charge in [0.15, 0.2) is 0 Å². The van der Waals surface area contributed by atoms with Crippen LogP contribution < -0.4 is 15.8 Å². The van der Waals surface area contributed by atoms with Crippen LogP contribution in [-0.2, 0) is 0 Å². The first-order valence-electron chi connectivity index (χ1n) is 7.92. The molecule has 0 aliphatic carbocycles. The third-order valence-corrected chi connectivity index (χ3v) is 3.39. The SMILES string of the molecule is CCCOc1cccc(C(=O)NCC(CCC)CCN)c1. The van der Waals surface area contributed by atoms with Crippen molar-refractivity contribution in [3.05, 3.63) is 29.8 Å². The molecule has 1 aromatic rings. The van der Waals surface area contributed by atoms with Crippen molar-refractivity contribution in [3.8, 4) is 5.75 Å². The van der Waals surface area contributed by atoms with Crippen LogP contribution in [-0.4, -0.2) is 25.6 Å². The summed E-state index contributed by atoms with van der Waals surface area (Å²) in [4.78, 5) is 12.2. The Hall–Kier alpha value is -1.55. The van der Waals surface area contributed by atoms with Gasteiger partial charge in [-0.2, -0.15) is 0 Å². The fraction of sp³-hybridized carbons (Fsp3) is 0.588. The molecule has 0 radical (unpaired) electrons. The number of amides is 1. The van der Waals surface area contributed by atoms with E-state index in [0.29, 0.717) is 31.2 Å². The van der Waals surface area contributed by atoms with Gasteiger partial charge in [-0.05, 0) is 49.9 Å². The van der Waals surface area contributed by atoms with E-state index in [9.17, 15) is 4.79 Å². The average Bonchev–Trinajstić information content (AvgIpc) is 2.51. The monoisotopic (exact) mass is 292 g/mol. The highest BCUT2D eigenvalue weighted by molar-refractivity contribution is 5.94. The molecule has 4 nitrogen and oxygen atoms in total. The summed E-state index contributed by atoms with van der Waals surface area (Å²) in [5.74, 6) is 1.16. The highest BCUT2D eigenvalue weighted by atomic mass is 16.5. The van der Waals surface area contributed by atoms with Crippen molar-refractivity contribution >= 4 is 5.91 Å². The number of hydrogen-bond acceptors (Lipinski definition) is 3. The first kappa shape index (κ1) is 17.5. The molecule has 1 aromatic carbocycles. The van der Waals surface area contributed by atoms with Gasteiger partial charge >= 0.3 is 0 Å². The topological polar surface area (TPSA) is 64.3 Å². The van der Waals surface area contributed by atoms with E-state index < -0.39 is 0 Å². The Morgan fingerprint density at radius 2 is 2.10 bits per heavy atom. The molecular formula is C17H28N2O2. The number of hydrogen-bond donors (Lipinski definition) is 2. The highest BCUT2D eigenvalue weighted by Gasteiger charge is 2.11. The summed E-state index contributed by atoms with van der Waals surface area (Å²) in [7, 11) is 0. The van der Waals surface area contributed by atoms with Gasteiger partial charge in [-0.15, -0.1) is 0 Å².